The average Bonchev–Trinajstić information content (AvgIpc) is 2.35. The summed E-state index contributed by atoms with van der Waals surface area (Å²) < 4.78 is 9.17. The van der Waals surface area contributed by atoms with Gasteiger partial charge in [0.1, 0.15) is 6.61 Å². The summed E-state index contributed by atoms with van der Waals surface area (Å²) >= 11 is 0. The molecule has 0 amide bonds. The zero-order chi connectivity index (χ0) is 11.4. The number of carbonyl (C=O) groups is 1. The lowest BCUT2D eigenvalue weighted by Gasteiger charge is -2.03. The molecule has 0 aliphatic carbocycles. The lowest BCUT2D eigenvalue weighted by molar-refractivity contribution is 0.0660. The molecular formula is C12H11NO3. The van der Waals surface area contributed by atoms with E-state index in [0.29, 0.717) is 5.69 Å². The van der Waals surface area contributed by atoms with Crippen molar-refractivity contribution in [1.82, 2.24) is 4.98 Å². The highest BCUT2D eigenvalue weighted by atomic mass is 16.7. The number of carbonyl (C=O) groups excluding carboxylic acids is 1. The Labute approximate surface area is 92.8 Å². The first-order chi connectivity index (χ1) is 7.79. The van der Waals surface area contributed by atoms with E-state index < -0.39 is 6.16 Å². The van der Waals surface area contributed by atoms with Crippen molar-refractivity contribution < 1.29 is 14.3 Å². The highest BCUT2D eigenvalue weighted by molar-refractivity contribution is 5.78. The third-order valence-electron chi connectivity index (χ3n) is 2.16. The van der Waals surface area contributed by atoms with Crippen molar-refractivity contribution in [3.05, 3.63) is 42.1 Å². The van der Waals surface area contributed by atoms with Crippen LogP contribution in [0.15, 0.2) is 36.4 Å². The van der Waals surface area contributed by atoms with Gasteiger partial charge in [-0.3, -0.25) is 0 Å². The monoisotopic (exact) mass is 217 g/mol. The van der Waals surface area contributed by atoms with Gasteiger partial charge in [0.2, 0.25) is 0 Å². The molecule has 4 heteroatoms. The number of rotatable bonds is 2. The van der Waals surface area contributed by atoms with Crippen LogP contribution in [0.2, 0.25) is 0 Å². The molecule has 0 spiro atoms. The van der Waals surface area contributed by atoms with E-state index in [1.54, 1.807) is 0 Å². The highest BCUT2D eigenvalue weighted by Gasteiger charge is 2.03. The van der Waals surface area contributed by atoms with Crippen LogP contribution in [-0.4, -0.2) is 18.2 Å². The van der Waals surface area contributed by atoms with E-state index in [1.165, 1.54) is 7.11 Å². The molecular weight excluding hydrogens is 206 g/mol. The maximum absolute atomic E-state index is 10.8. The molecule has 1 aromatic carbocycles. The van der Waals surface area contributed by atoms with Crippen molar-refractivity contribution in [3.63, 3.8) is 0 Å². The van der Waals surface area contributed by atoms with Gasteiger partial charge in [-0.05, 0) is 12.1 Å². The van der Waals surface area contributed by atoms with Gasteiger partial charge in [0, 0.05) is 5.39 Å². The lowest BCUT2D eigenvalue weighted by Crippen LogP contribution is -2.05. The van der Waals surface area contributed by atoms with E-state index in [9.17, 15) is 4.79 Å². The lowest BCUT2D eigenvalue weighted by atomic mass is 10.2. The second-order valence-electron chi connectivity index (χ2n) is 3.24. The number of methoxy groups -OCH3 is 1. The number of hydrogen-bond acceptors (Lipinski definition) is 4. The van der Waals surface area contributed by atoms with Gasteiger partial charge in [0.15, 0.2) is 0 Å². The molecule has 0 atom stereocenters. The van der Waals surface area contributed by atoms with Crippen molar-refractivity contribution in [2.45, 2.75) is 6.61 Å². The third-order valence-corrected chi connectivity index (χ3v) is 2.16. The van der Waals surface area contributed by atoms with E-state index in [-0.39, 0.29) is 6.61 Å². The summed E-state index contributed by atoms with van der Waals surface area (Å²) in [4.78, 5) is 15.1. The molecule has 82 valence electrons. The Kier molecular flexibility index (Phi) is 3.00. The van der Waals surface area contributed by atoms with Crippen LogP contribution in [0, 0.1) is 0 Å². The molecule has 0 aliphatic rings. The average molecular weight is 217 g/mol. The first kappa shape index (κ1) is 10.4. The second kappa shape index (κ2) is 4.61. The Bertz CT molecular complexity index is 510. The van der Waals surface area contributed by atoms with Crippen LogP contribution in [-0.2, 0) is 16.1 Å². The van der Waals surface area contributed by atoms with Gasteiger partial charge >= 0.3 is 6.16 Å². The molecule has 2 rings (SSSR count). The summed E-state index contributed by atoms with van der Waals surface area (Å²) in [6, 6.07) is 11.5. The summed E-state index contributed by atoms with van der Waals surface area (Å²) in [5, 5.41) is 1.06. The van der Waals surface area contributed by atoms with Gasteiger partial charge in [-0.2, -0.15) is 0 Å². The van der Waals surface area contributed by atoms with Crippen LogP contribution in [0.5, 0.6) is 0 Å². The zero-order valence-electron chi connectivity index (χ0n) is 8.84. The second-order valence-corrected chi connectivity index (χ2v) is 3.24. The smallest absolute Gasteiger partial charge is 0.438 e. The Hall–Kier alpha value is -2.10. The van der Waals surface area contributed by atoms with Crippen molar-refractivity contribution in [1.29, 1.82) is 0 Å². The van der Waals surface area contributed by atoms with E-state index in [2.05, 4.69) is 9.72 Å². The number of hydrogen-bond donors (Lipinski definition) is 0. The van der Waals surface area contributed by atoms with Gasteiger partial charge in [-0.1, -0.05) is 24.3 Å². The predicted molar refractivity (Wildman–Crippen MR) is 58.9 cm³/mol. The normalized spacial score (nSPS) is 10.1. The summed E-state index contributed by atoms with van der Waals surface area (Å²) in [6.45, 7) is 0.123. The minimum Gasteiger partial charge on any atom is -0.438 e. The van der Waals surface area contributed by atoms with E-state index in [1.807, 2.05) is 36.4 Å². The molecule has 2 aromatic rings. The van der Waals surface area contributed by atoms with Gasteiger partial charge in [0.05, 0.1) is 18.3 Å². The number of nitrogens with zero attached hydrogens (tertiary/aromatic N) is 1. The van der Waals surface area contributed by atoms with Crippen LogP contribution in [0.1, 0.15) is 5.69 Å². The topological polar surface area (TPSA) is 48.4 Å². The number of benzene rings is 1. The maximum Gasteiger partial charge on any atom is 0.508 e. The quantitative estimate of drug-likeness (QED) is 0.725. The molecule has 0 bridgehead atoms. The molecule has 0 saturated heterocycles. The Morgan fingerprint density at radius 3 is 2.88 bits per heavy atom. The van der Waals surface area contributed by atoms with Crippen molar-refractivity contribution in [2.24, 2.45) is 0 Å². The SMILES string of the molecule is COC(=O)OCc1ccc2ccccc2n1. The molecule has 16 heavy (non-hydrogen) atoms. The molecule has 1 heterocycles. The molecule has 0 fully saturated rings. The predicted octanol–water partition coefficient (Wildman–Crippen LogP) is 2.52. The standard InChI is InChI=1S/C12H11NO3/c1-15-12(14)16-8-10-7-6-9-4-2-3-5-11(9)13-10/h2-7H,8H2,1H3. The molecule has 1 aromatic heterocycles. The number of pyridine rings is 1. The van der Waals surface area contributed by atoms with Gasteiger partial charge in [0.25, 0.3) is 0 Å². The van der Waals surface area contributed by atoms with Crippen molar-refractivity contribution in [2.75, 3.05) is 7.11 Å². The summed E-state index contributed by atoms with van der Waals surface area (Å²) in [6.07, 6.45) is -0.699. The van der Waals surface area contributed by atoms with Crippen LogP contribution >= 0.6 is 0 Å². The fourth-order valence-corrected chi connectivity index (χ4v) is 1.38. The summed E-state index contributed by atoms with van der Waals surface area (Å²) in [5.74, 6) is 0. The van der Waals surface area contributed by atoms with Crippen LogP contribution < -0.4 is 0 Å². The van der Waals surface area contributed by atoms with Crippen LogP contribution in [0.3, 0.4) is 0 Å². The minimum absolute atomic E-state index is 0.123. The molecule has 0 saturated carbocycles. The molecule has 0 aliphatic heterocycles. The first-order valence-electron chi connectivity index (χ1n) is 4.85. The molecule has 0 unspecified atom stereocenters. The van der Waals surface area contributed by atoms with Crippen LogP contribution in [0.4, 0.5) is 4.79 Å². The van der Waals surface area contributed by atoms with Crippen molar-refractivity contribution in [3.8, 4) is 0 Å². The van der Waals surface area contributed by atoms with E-state index >= 15 is 0 Å². The Balaban J connectivity index is 2.16. The van der Waals surface area contributed by atoms with Crippen LogP contribution in [0.25, 0.3) is 10.9 Å². The number of aromatic nitrogens is 1. The molecule has 0 radical (unpaired) electrons. The van der Waals surface area contributed by atoms with Gasteiger partial charge < -0.3 is 9.47 Å². The molecule has 0 N–H and O–H groups in total. The maximum atomic E-state index is 10.8. The Morgan fingerprint density at radius 1 is 1.25 bits per heavy atom. The van der Waals surface area contributed by atoms with E-state index in [0.717, 1.165) is 10.9 Å². The van der Waals surface area contributed by atoms with Gasteiger partial charge in [-0.15, -0.1) is 0 Å². The number of fused-ring (bicyclic) bond motifs is 1. The minimum atomic E-state index is -0.699. The largest absolute Gasteiger partial charge is 0.508 e. The van der Waals surface area contributed by atoms with Crippen molar-refractivity contribution >= 4 is 17.1 Å². The first-order valence-corrected chi connectivity index (χ1v) is 4.85. The summed E-state index contributed by atoms with van der Waals surface area (Å²) in [7, 11) is 1.27. The molecule has 4 nitrogen and oxygen atoms in total. The van der Waals surface area contributed by atoms with E-state index in [4.69, 9.17) is 4.74 Å². The fraction of sp³-hybridized carbons (Fsp3) is 0.167. The summed E-state index contributed by atoms with van der Waals surface area (Å²) in [5.41, 5.74) is 1.58. The number of ether oxygens (including phenoxy) is 2. The fourth-order valence-electron chi connectivity index (χ4n) is 1.38. The highest BCUT2D eigenvalue weighted by Crippen LogP contribution is 2.12. The zero-order valence-corrected chi connectivity index (χ0v) is 8.84. The third kappa shape index (κ3) is 2.28. The number of para-hydroxylation sites is 1. The van der Waals surface area contributed by atoms with Gasteiger partial charge in [-0.25, -0.2) is 9.78 Å². The Morgan fingerprint density at radius 2 is 2.06 bits per heavy atom.